The summed E-state index contributed by atoms with van der Waals surface area (Å²) in [5.74, 6) is 1.31. The second-order valence-electron chi connectivity index (χ2n) is 5.76. The minimum absolute atomic E-state index is 0.544. The maximum absolute atomic E-state index is 10.8. The molecule has 0 spiro atoms. The molecule has 1 aromatic rings. The summed E-state index contributed by atoms with van der Waals surface area (Å²) in [5.41, 5.74) is 3.34. The van der Waals surface area contributed by atoms with E-state index in [4.69, 9.17) is 9.47 Å². The van der Waals surface area contributed by atoms with Gasteiger partial charge in [-0.05, 0) is 65.2 Å². The normalized spacial score (nSPS) is 11.0. The third kappa shape index (κ3) is 7.68. The number of allylic oxidation sites excluding steroid dienone is 3. The predicted molar refractivity (Wildman–Crippen MR) is 95.5 cm³/mol. The molecule has 1 aromatic carbocycles. The maximum Gasteiger partial charge on any atom is 0.161 e. The lowest BCUT2D eigenvalue weighted by Gasteiger charge is -2.11. The van der Waals surface area contributed by atoms with Crippen molar-refractivity contribution in [2.75, 3.05) is 13.2 Å². The van der Waals surface area contributed by atoms with Crippen molar-refractivity contribution in [3.05, 3.63) is 47.1 Å². The SMILES string of the molecule is CCOc1cc(C=O)ccc1OCC/C=C(\C)CCC=C(C)C. The molecule has 3 nitrogen and oxygen atoms in total. The summed E-state index contributed by atoms with van der Waals surface area (Å²) >= 11 is 0. The smallest absolute Gasteiger partial charge is 0.161 e. The average molecular weight is 316 g/mol. The number of carbonyl (C=O) groups excluding carboxylic acids is 1. The van der Waals surface area contributed by atoms with Crippen LogP contribution in [-0.4, -0.2) is 19.5 Å². The van der Waals surface area contributed by atoms with Crippen LogP contribution in [0.25, 0.3) is 0 Å². The molecule has 0 atom stereocenters. The average Bonchev–Trinajstić information content (AvgIpc) is 2.52. The highest BCUT2D eigenvalue weighted by Gasteiger charge is 2.05. The van der Waals surface area contributed by atoms with Crippen LogP contribution in [0.1, 0.15) is 57.3 Å². The largest absolute Gasteiger partial charge is 0.490 e. The van der Waals surface area contributed by atoms with E-state index in [0.29, 0.717) is 30.3 Å². The highest BCUT2D eigenvalue weighted by atomic mass is 16.5. The number of carbonyl (C=O) groups is 1. The van der Waals surface area contributed by atoms with Crippen molar-refractivity contribution in [3.8, 4) is 11.5 Å². The molecule has 0 N–H and O–H groups in total. The lowest BCUT2D eigenvalue weighted by Crippen LogP contribution is -2.01. The molecule has 1 rings (SSSR count). The van der Waals surface area contributed by atoms with Crippen LogP contribution >= 0.6 is 0 Å². The van der Waals surface area contributed by atoms with Crippen molar-refractivity contribution in [1.82, 2.24) is 0 Å². The van der Waals surface area contributed by atoms with Gasteiger partial charge in [0.05, 0.1) is 13.2 Å². The molecular weight excluding hydrogens is 288 g/mol. The summed E-state index contributed by atoms with van der Waals surface area (Å²) in [6, 6.07) is 5.25. The van der Waals surface area contributed by atoms with E-state index in [-0.39, 0.29) is 0 Å². The van der Waals surface area contributed by atoms with Crippen molar-refractivity contribution in [2.24, 2.45) is 0 Å². The molecule has 0 aliphatic rings. The lowest BCUT2D eigenvalue weighted by atomic mass is 10.1. The van der Waals surface area contributed by atoms with Crippen LogP contribution < -0.4 is 9.47 Å². The third-order valence-electron chi connectivity index (χ3n) is 3.36. The van der Waals surface area contributed by atoms with Crippen LogP contribution in [0.2, 0.25) is 0 Å². The number of aldehydes is 1. The first-order valence-corrected chi connectivity index (χ1v) is 8.20. The van der Waals surface area contributed by atoms with Crippen LogP contribution in [0.4, 0.5) is 0 Å². The van der Waals surface area contributed by atoms with Crippen molar-refractivity contribution < 1.29 is 14.3 Å². The fraction of sp³-hybridized carbons (Fsp3) is 0.450. The Labute approximate surface area is 140 Å². The van der Waals surface area contributed by atoms with E-state index in [0.717, 1.165) is 25.5 Å². The Bertz CT molecular complexity index is 552. The Balaban J connectivity index is 2.48. The summed E-state index contributed by atoms with van der Waals surface area (Å²) < 4.78 is 11.3. The topological polar surface area (TPSA) is 35.5 Å². The minimum atomic E-state index is 0.544. The van der Waals surface area contributed by atoms with E-state index in [1.54, 1.807) is 18.2 Å². The molecule has 0 bridgehead atoms. The van der Waals surface area contributed by atoms with Gasteiger partial charge in [-0.2, -0.15) is 0 Å². The molecule has 23 heavy (non-hydrogen) atoms. The van der Waals surface area contributed by atoms with Gasteiger partial charge in [-0.3, -0.25) is 4.79 Å². The Morgan fingerprint density at radius 3 is 2.48 bits per heavy atom. The zero-order valence-electron chi connectivity index (χ0n) is 14.7. The molecule has 0 unspecified atom stereocenters. The number of rotatable bonds is 10. The van der Waals surface area contributed by atoms with Gasteiger partial charge in [0, 0.05) is 5.56 Å². The second-order valence-corrected chi connectivity index (χ2v) is 5.76. The molecule has 0 fully saturated rings. The van der Waals surface area contributed by atoms with Gasteiger partial charge >= 0.3 is 0 Å². The highest BCUT2D eigenvalue weighted by Crippen LogP contribution is 2.28. The number of ether oxygens (including phenoxy) is 2. The van der Waals surface area contributed by atoms with Crippen LogP contribution in [-0.2, 0) is 0 Å². The minimum Gasteiger partial charge on any atom is -0.490 e. The van der Waals surface area contributed by atoms with E-state index in [1.165, 1.54) is 11.1 Å². The molecule has 0 saturated heterocycles. The number of hydrogen-bond donors (Lipinski definition) is 0. The van der Waals surface area contributed by atoms with E-state index >= 15 is 0 Å². The van der Waals surface area contributed by atoms with Gasteiger partial charge in [0.25, 0.3) is 0 Å². The quantitative estimate of drug-likeness (QED) is 0.331. The van der Waals surface area contributed by atoms with Crippen molar-refractivity contribution in [2.45, 2.75) is 47.0 Å². The summed E-state index contributed by atoms with van der Waals surface area (Å²) in [4.78, 5) is 10.8. The van der Waals surface area contributed by atoms with Gasteiger partial charge < -0.3 is 9.47 Å². The van der Waals surface area contributed by atoms with Crippen molar-refractivity contribution in [1.29, 1.82) is 0 Å². The molecule has 3 heteroatoms. The van der Waals surface area contributed by atoms with Crippen molar-refractivity contribution in [3.63, 3.8) is 0 Å². The van der Waals surface area contributed by atoms with Gasteiger partial charge in [-0.1, -0.05) is 23.3 Å². The van der Waals surface area contributed by atoms with E-state index in [9.17, 15) is 4.79 Å². The Morgan fingerprint density at radius 2 is 1.83 bits per heavy atom. The Kier molecular flexibility index (Phi) is 8.81. The summed E-state index contributed by atoms with van der Waals surface area (Å²) in [6.07, 6.45) is 8.33. The van der Waals surface area contributed by atoms with Crippen LogP contribution in [0.5, 0.6) is 11.5 Å². The first-order chi connectivity index (χ1) is 11.1. The fourth-order valence-corrected chi connectivity index (χ4v) is 2.15. The Morgan fingerprint density at radius 1 is 1.04 bits per heavy atom. The summed E-state index contributed by atoms with van der Waals surface area (Å²) in [7, 11) is 0. The first kappa shape index (κ1) is 19.0. The molecule has 126 valence electrons. The van der Waals surface area contributed by atoms with Gasteiger partial charge in [0.15, 0.2) is 11.5 Å². The van der Waals surface area contributed by atoms with Gasteiger partial charge in [0.1, 0.15) is 6.29 Å². The first-order valence-electron chi connectivity index (χ1n) is 8.20. The molecule has 0 amide bonds. The van der Waals surface area contributed by atoms with Gasteiger partial charge in [0.2, 0.25) is 0 Å². The molecule has 0 saturated carbocycles. The maximum atomic E-state index is 10.8. The molecular formula is C20H28O3. The monoisotopic (exact) mass is 316 g/mol. The zero-order chi connectivity index (χ0) is 17.1. The standard InChI is InChI=1S/C20H28O3/c1-5-22-20-14-18(15-21)11-12-19(20)23-13-7-10-17(4)9-6-8-16(2)3/h8,10-12,14-15H,5-7,9,13H2,1-4H3/b17-10+. The number of hydrogen-bond acceptors (Lipinski definition) is 3. The molecule has 0 aromatic heterocycles. The van der Waals surface area contributed by atoms with E-state index in [1.807, 2.05) is 6.92 Å². The van der Waals surface area contributed by atoms with Gasteiger partial charge in [-0.25, -0.2) is 0 Å². The zero-order valence-corrected chi connectivity index (χ0v) is 14.7. The predicted octanol–water partition coefficient (Wildman–Crippen LogP) is 5.36. The van der Waals surface area contributed by atoms with Crippen LogP contribution in [0, 0.1) is 0 Å². The van der Waals surface area contributed by atoms with E-state index < -0.39 is 0 Å². The van der Waals surface area contributed by atoms with Crippen molar-refractivity contribution >= 4 is 6.29 Å². The van der Waals surface area contributed by atoms with E-state index in [2.05, 4.69) is 32.9 Å². The molecule has 0 aliphatic heterocycles. The second kappa shape index (κ2) is 10.7. The third-order valence-corrected chi connectivity index (χ3v) is 3.36. The molecule has 0 radical (unpaired) electrons. The van der Waals surface area contributed by atoms with Crippen LogP contribution in [0.3, 0.4) is 0 Å². The molecule has 0 aliphatic carbocycles. The lowest BCUT2D eigenvalue weighted by molar-refractivity contribution is 0.112. The van der Waals surface area contributed by atoms with Crippen LogP contribution in [0.15, 0.2) is 41.5 Å². The summed E-state index contributed by atoms with van der Waals surface area (Å²) in [6.45, 7) is 9.46. The Hall–Kier alpha value is -2.03. The number of benzene rings is 1. The van der Waals surface area contributed by atoms with Gasteiger partial charge in [-0.15, -0.1) is 0 Å². The summed E-state index contributed by atoms with van der Waals surface area (Å²) in [5, 5.41) is 0. The highest BCUT2D eigenvalue weighted by molar-refractivity contribution is 5.76. The molecule has 0 heterocycles. The fourth-order valence-electron chi connectivity index (χ4n) is 2.15.